The summed E-state index contributed by atoms with van der Waals surface area (Å²) in [5.41, 5.74) is 0. The van der Waals surface area contributed by atoms with Crippen LogP contribution in [-0.2, 0) is 8.23 Å². The van der Waals surface area contributed by atoms with Crippen LogP contribution in [0.3, 0.4) is 0 Å². The lowest BCUT2D eigenvalue weighted by Gasteiger charge is -2.31. The molecule has 0 fully saturated rings. The van der Waals surface area contributed by atoms with Crippen LogP contribution in [0.15, 0.2) is 0 Å². The number of hydrogen-bond donors (Lipinski definition) is 0. The molecule has 0 spiro atoms. The molecule has 0 saturated heterocycles. The third-order valence-electron chi connectivity index (χ3n) is 1.77. The maximum atomic E-state index is 13.2. The Morgan fingerprint density at radius 3 is 1.00 bits per heavy atom. The molecule has 0 bridgehead atoms. The van der Waals surface area contributed by atoms with Gasteiger partial charge in [0.05, 0.1) is 0 Å². The first kappa shape index (κ1) is 17.2. The lowest BCUT2D eigenvalue weighted by Crippen LogP contribution is -2.65. The minimum atomic E-state index is -5.43. The second-order valence-corrected chi connectivity index (χ2v) is 11.8. The maximum absolute atomic E-state index is 13.2. The highest BCUT2D eigenvalue weighted by atomic mass is 28.4. The molecule has 0 aromatic heterocycles. The van der Waals surface area contributed by atoms with Crippen molar-refractivity contribution in [2.75, 3.05) is 0 Å². The van der Waals surface area contributed by atoms with Crippen LogP contribution in [0.2, 0.25) is 0 Å². The van der Waals surface area contributed by atoms with Gasteiger partial charge >= 0.3 is 29.7 Å². The maximum Gasteiger partial charge on any atom is 0.390 e. The normalized spacial score (nSPS) is 18.4. The van der Waals surface area contributed by atoms with E-state index in [2.05, 4.69) is 8.23 Å². The fourth-order valence-electron chi connectivity index (χ4n) is 1.16. The van der Waals surface area contributed by atoms with Gasteiger partial charge in [-0.05, 0) is 0 Å². The first-order valence-corrected chi connectivity index (χ1v) is 8.84. The van der Waals surface area contributed by atoms with Gasteiger partial charge in [0.25, 0.3) is 5.17 Å². The van der Waals surface area contributed by atoms with Gasteiger partial charge < -0.3 is 8.23 Å². The first-order valence-electron chi connectivity index (χ1n) is 3.95. The lowest BCUT2D eigenvalue weighted by atomic mass is 11.5. The van der Waals surface area contributed by atoms with Crippen LogP contribution in [-0.4, -0.2) is 55.8 Å². The Hall–Kier alpha value is 0.228. The van der Waals surface area contributed by atoms with E-state index >= 15 is 0 Å². The van der Waals surface area contributed by atoms with E-state index in [0.717, 1.165) is 0 Å². The number of alkyl halides is 8. The Kier molecular flexibility index (Phi) is 5.54. The van der Waals surface area contributed by atoms with Crippen LogP contribution in [0.5, 0.6) is 0 Å². The van der Waals surface area contributed by atoms with E-state index in [1.165, 1.54) is 0 Å². The predicted octanol–water partition coefficient (Wildman–Crippen LogP) is -1.06. The highest BCUT2D eigenvalue weighted by Crippen LogP contribution is 2.38. The van der Waals surface area contributed by atoms with Crippen LogP contribution in [0, 0.1) is 0 Å². The van der Waals surface area contributed by atoms with Crippen molar-refractivity contribution in [3.05, 3.63) is 0 Å². The van der Waals surface area contributed by atoms with Gasteiger partial charge in [0.2, 0.25) is 0 Å². The van der Waals surface area contributed by atoms with Gasteiger partial charge in [-0.2, -0.15) is 26.3 Å². The summed E-state index contributed by atoms with van der Waals surface area (Å²) in [7, 11) is -12.1. The highest BCUT2D eigenvalue weighted by molar-refractivity contribution is 6.79. The second kappa shape index (κ2) is 5.47. The van der Waals surface area contributed by atoms with Gasteiger partial charge in [0.15, 0.2) is 0 Å². The van der Waals surface area contributed by atoms with E-state index in [4.69, 9.17) is 0 Å². The quantitative estimate of drug-likeness (QED) is 0.480. The van der Waals surface area contributed by atoms with Crippen LogP contribution in [0.25, 0.3) is 0 Å². The van der Waals surface area contributed by atoms with Gasteiger partial charge in [-0.3, -0.25) is 0 Å². The molecular formula is C3H8F8O2Si4. The SMILES string of the molecule is FC(F)(F)[SiH](O[SiH3])C(F)(F)[SiH](O[SiH3])C(F)(F)F. The van der Waals surface area contributed by atoms with Gasteiger partial charge in [0, 0.05) is 0 Å². The van der Waals surface area contributed by atoms with Crippen LogP contribution < -0.4 is 0 Å². The van der Waals surface area contributed by atoms with Crippen molar-refractivity contribution < 1.29 is 43.4 Å². The third-order valence-corrected chi connectivity index (χ3v) is 9.94. The molecule has 0 aliphatic rings. The van der Waals surface area contributed by atoms with E-state index < -0.39 is 55.8 Å². The molecule has 0 aliphatic heterocycles. The van der Waals surface area contributed by atoms with Crippen molar-refractivity contribution in [2.24, 2.45) is 0 Å². The molecule has 0 aromatic rings. The summed E-state index contributed by atoms with van der Waals surface area (Å²) in [4.78, 5) is 0. The van der Waals surface area contributed by atoms with Crippen molar-refractivity contribution in [1.29, 1.82) is 0 Å². The monoisotopic (exact) mass is 340 g/mol. The summed E-state index contributed by atoms with van der Waals surface area (Å²) in [6.07, 6.45) is 0. The molecule has 2 atom stereocenters. The van der Waals surface area contributed by atoms with E-state index in [1.54, 1.807) is 0 Å². The molecule has 104 valence electrons. The van der Waals surface area contributed by atoms with Crippen molar-refractivity contribution >= 4 is 39.1 Å². The zero-order valence-electron chi connectivity index (χ0n) is 8.49. The van der Waals surface area contributed by atoms with E-state index in [0.29, 0.717) is 0 Å². The molecule has 0 rings (SSSR count). The zero-order valence-corrected chi connectivity index (χ0v) is 14.8. The van der Waals surface area contributed by atoms with Crippen LogP contribution in [0.4, 0.5) is 35.1 Å². The average Bonchev–Trinajstić information content (AvgIpc) is 1.98. The summed E-state index contributed by atoms with van der Waals surface area (Å²) in [6.45, 7) is 0. The Balaban J connectivity index is 5.34. The van der Waals surface area contributed by atoms with E-state index in [-0.39, 0.29) is 0 Å². The largest absolute Gasteiger partial charge is 0.456 e. The summed E-state index contributed by atoms with van der Waals surface area (Å²) in [6, 6.07) is 0. The molecule has 2 unspecified atom stereocenters. The molecular weight excluding hydrogens is 332 g/mol. The van der Waals surface area contributed by atoms with Crippen LogP contribution >= 0.6 is 0 Å². The molecule has 0 aromatic carbocycles. The predicted molar refractivity (Wildman–Crippen MR) is 53.4 cm³/mol. The smallest absolute Gasteiger partial charge is 0.390 e. The molecule has 17 heavy (non-hydrogen) atoms. The molecule has 2 nitrogen and oxygen atoms in total. The Morgan fingerprint density at radius 2 is 0.882 bits per heavy atom. The minimum Gasteiger partial charge on any atom is -0.456 e. The fraction of sp³-hybridized carbons (Fsp3) is 1.00. The summed E-state index contributed by atoms with van der Waals surface area (Å²) >= 11 is 0. The standard InChI is InChI=1S/C3H8F8O2Si4/c4-1(5,6)16(12-14)3(10,11)17(13-15)2(7,8)9/h16-17H,14-15H3. The highest BCUT2D eigenvalue weighted by Gasteiger charge is 2.70. The van der Waals surface area contributed by atoms with Crippen molar-refractivity contribution in [3.8, 4) is 0 Å². The van der Waals surface area contributed by atoms with Crippen molar-refractivity contribution in [3.63, 3.8) is 0 Å². The van der Waals surface area contributed by atoms with E-state index in [1.807, 2.05) is 0 Å². The summed E-state index contributed by atoms with van der Waals surface area (Å²) in [5, 5.41) is -4.94. The van der Waals surface area contributed by atoms with Crippen molar-refractivity contribution in [1.82, 2.24) is 0 Å². The fourth-order valence-corrected chi connectivity index (χ4v) is 11.4. The topological polar surface area (TPSA) is 18.5 Å². The van der Waals surface area contributed by atoms with Crippen molar-refractivity contribution in [2.45, 2.75) is 16.8 Å². The number of hydrogen-bond acceptors (Lipinski definition) is 2. The molecule has 0 N–H and O–H groups in total. The Bertz CT molecular complexity index is 228. The van der Waals surface area contributed by atoms with E-state index in [9.17, 15) is 35.1 Å². The Morgan fingerprint density at radius 1 is 0.647 bits per heavy atom. The summed E-state index contributed by atoms with van der Waals surface area (Å²) < 4.78 is 107. The molecule has 0 radical (unpaired) electrons. The zero-order chi connectivity index (χ0) is 14.1. The lowest BCUT2D eigenvalue weighted by molar-refractivity contribution is -0.0888. The summed E-state index contributed by atoms with van der Waals surface area (Å²) in [5.74, 6) is -10.9. The van der Waals surface area contributed by atoms with Crippen LogP contribution in [0.1, 0.15) is 0 Å². The first-order chi connectivity index (χ1) is 7.39. The van der Waals surface area contributed by atoms with Gasteiger partial charge in [-0.25, -0.2) is 8.78 Å². The third kappa shape index (κ3) is 4.12. The second-order valence-electron chi connectivity index (χ2n) is 2.99. The number of rotatable bonds is 4. The minimum absolute atomic E-state index is 0.709. The average molecular weight is 340 g/mol. The molecule has 0 heterocycles. The molecule has 0 aliphatic carbocycles. The molecule has 0 amide bonds. The van der Waals surface area contributed by atoms with Gasteiger partial charge in [-0.1, -0.05) is 0 Å². The van der Waals surface area contributed by atoms with Gasteiger partial charge in [0.1, 0.15) is 21.0 Å². The van der Waals surface area contributed by atoms with Gasteiger partial charge in [-0.15, -0.1) is 0 Å². The molecule has 0 saturated carbocycles. The number of halogens is 8. The molecule has 14 heteroatoms. The Labute approximate surface area is 99.8 Å².